The molecule has 0 aliphatic rings. The first-order chi connectivity index (χ1) is 8.02. The maximum atomic E-state index is 11.4. The highest BCUT2D eigenvalue weighted by Gasteiger charge is 2.23. The van der Waals surface area contributed by atoms with Gasteiger partial charge in [0, 0.05) is 12.1 Å². The third-order valence-corrected chi connectivity index (χ3v) is 2.39. The SMILES string of the molecule is CCNc1ccc(C(=O)OC)c(C)c1[N+](=O)[O-]. The van der Waals surface area contributed by atoms with Crippen LogP contribution in [0.15, 0.2) is 12.1 Å². The molecule has 0 unspecified atom stereocenters. The molecule has 0 atom stereocenters. The van der Waals surface area contributed by atoms with E-state index in [9.17, 15) is 14.9 Å². The summed E-state index contributed by atoms with van der Waals surface area (Å²) in [6.07, 6.45) is 0. The summed E-state index contributed by atoms with van der Waals surface area (Å²) in [6.45, 7) is 3.94. The first-order valence-corrected chi connectivity index (χ1v) is 5.13. The van der Waals surface area contributed by atoms with Crippen LogP contribution in [0.4, 0.5) is 11.4 Å². The van der Waals surface area contributed by atoms with Crippen molar-refractivity contribution in [3.63, 3.8) is 0 Å². The number of ether oxygens (including phenoxy) is 1. The van der Waals surface area contributed by atoms with Crippen molar-refractivity contribution >= 4 is 17.3 Å². The van der Waals surface area contributed by atoms with Gasteiger partial charge in [0.05, 0.1) is 17.6 Å². The summed E-state index contributed by atoms with van der Waals surface area (Å²) in [4.78, 5) is 21.9. The van der Waals surface area contributed by atoms with Crippen molar-refractivity contribution in [2.45, 2.75) is 13.8 Å². The average molecular weight is 238 g/mol. The van der Waals surface area contributed by atoms with E-state index in [1.807, 2.05) is 6.92 Å². The molecule has 0 bridgehead atoms. The number of nitro groups is 1. The Morgan fingerprint density at radius 1 is 1.53 bits per heavy atom. The van der Waals surface area contributed by atoms with Gasteiger partial charge in [0.2, 0.25) is 0 Å². The van der Waals surface area contributed by atoms with E-state index in [1.165, 1.54) is 26.2 Å². The van der Waals surface area contributed by atoms with E-state index in [-0.39, 0.29) is 11.3 Å². The van der Waals surface area contributed by atoms with E-state index in [0.717, 1.165) is 0 Å². The molecule has 1 aromatic rings. The minimum Gasteiger partial charge on any atom is -0.465 e. The molecule has 0 fully saturated rings. The number of nitrogens with zero attached hydrogens (tertiary/aromatic N) is 1. The summed E-state index contributed by atoms with van der Waals surface area (Å²) >= 11 is 0. The molecule has 0 aromatic heterocycles. The Balaban J connectivity index is 3.38. The van der Waals surface area contributed by atoms with Crippen LogP contribution in [0.3, 0.4) is 0 Å². The molecule has 17 heavy (non-hydrogen) atoms. The predicted molar refractivity (Wildman–Crippen MR) is 63.3 cm³/mol. The Morgan fingerprint density at radius 2 is 2.18 bits per heavy atom. The fourth-order valence-electron chi connectivity index (χ4n) is 1.60. The summed E-state index contributed by atoms with van der Waals surface area (Å²) in [7, 11) is 1.24. The topological polar surface area (TPSA) is 81.5 Å². The lowest BCUT2D eigenvalue weighted by molar-refractivity contribution is -0.384. The molecule has 0 radical (unpaired) electrons. The molecule has 0 saturated carbocycles. The largest absolute Gasteiger partial charge is 0.465 e. The highest BCUT2D eigenvalue weighted by molar-refractivity contribution is 5.93. The molecule has 92 valence electrons. The zero-order valence-corrected chi connectivity index (χ0v) is 9.94. The van der Waals surface area contributed by atoms with Gasteiger partial charge < -0.3 is 10.1 Å². The summed E-state index contributed by atoms with van der Waals surface area (Å²) in [5, 5.41) is 13.9. The van der Waals surface area contributed by atoms with Crippen molar-refractivity contribution in [2.75, 3.05) is 19.0 Å². The van der Waals surface area contributed by atoms with E-state index >= 15 is 0 Å². The number of benzene rings is 1. The second kappa shape index (κ2) is 5.29. The monoisotopic (exact) mass is 238 g/mol. The van der Waals surface area contributed by atoms with Crippen molar-refractivity contribution in [1.82, 2.24) is 0 Å². The van der Waals surface area contributed by atoms with Crippen molar-refractivity contribution in [3.8, 4) is 0 Å². The Kier molecular flexibility index (Phi) is 4.03. The van der Waals surface area contributed by atoms with Crippen LogP contribution in [0, 0.1) is 17.0 Å². The van der Waals surface area contributed by atoms with Crippen LogP contribution in [-0.2, 0) is 4.74 Å². The van der Waals surface area contributed by atoms with Crippen LogP contribution in [0.25, 0.3) is 0 Å². The van der Waals surface area contributed by atoms with Crippen LogP contribution in [0.1, 0.15) is 22.8 Å². The van der Waals surface area contributed by atoms with Crippen LogP contribution in [0.2, 0.25) is 0 Å². The Hall–Kier alpha value is -2.11. The first-order valence-electron chi connectivity index (χ1n) is 5.13. The fraction of sp³-hybridized carbons (Fsp3) is 0.364. The smallest absolute Gasteiger partial charge is 0.338 e. The molecule has 1 rings (SSSR count). The van der Waals surface area contributed by atoms with Crippen molar-refractivity contribution in [1.29, 1.82) is 0 Å². The van der Waals surface area contributed by atoms with Crippen LogP contribution < -0.4 is 5.32 Å². The van der Waals surface area contributed by atoms with Crippen LogP contribution in [-0.4, -0.2) is 24.5 Å². The molecule has 1 aromatic carbocycles. The predicted octanol–water partition coefficient (Wildman–Crippen LogP) is 2.12. The highest BCUT2D eigenvalue weighted by atomic mass is 16.6. The zero-order chi connectivity index (χ0) is 13.0. The maximum absolute atomic E-state index is 11.4. The average Bonchev–Trinajstić information content (AvgIpc) is 2.28. The minimum atomic E-state index is -0.575. The lowest BCUT2D eigenvalue weighted by Crippen LogP contribution is -2.09. The highest BCUT2D eigenvalue weighted by Crippen LogP contribution is 2.30. The number of carbonyl (C=O) groups is 1. The molecule has 6 heteroatoms. The number of hydrogen-bond acceptors (Lipinski definition) is 5. The molecule has 6 nitrogen and oxygen atoms in total. The molecular weight excluding hydrogens is 224 g/mol. The standard InChI is InChI=1S/C11H14N2O4/c1-4-12-9-6-5-8(11(14)17-3)7(2)10(9)13(15)16/h5-6,12H,4H2,1-3H3. The number of hydrogen-bond donors (Lipinski definition) is 1. The fourth-order valence-corrected chi connectivity index (χ4v) is 1.60. The number of nitro benzene ring substituents is 1. The molecule has 0 saturated heterocycles. The van der Waals surface area contributed by atoms with Gasteiger partial charge in [0.1, 0.15) is 5.69 Å². The molecule has 1 N–H and O–H groups in total. The van der Waals surface area contributed by atoms with Gasteiger partial charge in [-0.25, -0.2) is 4.79 Å². The van der Waals surface area contributed by atoms with Gasteiger partial charge >= 0.3 is 5.97 Å². The van der Waals surface area contributed by atoms with Crippen LogP contribution in [0.5, 0.6) is 0 Å². The molecular formula is C11H14N2O4. The number of esters is 1. The van der Waals surface area contributed by atoms with Gasteiger partial charge in [-0.15, -0.1) is 0 Å². The zero-order valence-electron chi connectivity index (χ0n) is 9.94. The third kappa shape index (κ3) is 2.52. The van der Waals surface area contributed by atoms with Gasteiger partial charge in [-0.05, 0) is 26.0 Å². The lowest BCUT2D eigenvalue weighted by atomic mass is 10.1. The van der Waals surface area contributed by atoms with Gasteiger partial charge in [-0.2, -0.15) is 0 Å². The molecule has 0 amide bonds. The van der Waals surface area contributed by atoms with Gasteiger partial charge in [-0.1, -0.05) is 0 Å². The number of anilines is 1. The second-order valence-corrected chi connectivity index (χ2v) is 3.41. The van der Waals surface area contributed by atoms with Gasteiger partial charge in [-0.3, -0.25) is 10.1 Å². The maximum Gasteiger partial charge on any atom is 0.338 e. The third-order valence-electron chi connectivity index (χ3n) is 2.39. The minimum absolute atomic E-state index is 0.0882. The Bertz CT molecular complexity index is 457. The summed E-state index contributed by atoms with van der Waals surface area (Å²) < 4.78 is 4.57. The van der Waals surface area contributed by atoms with Crippen LogP contribution >= 0.6 is 0 Å². The molecule has 0 aliphatic heterocycles. The van der Waals surface area contributed by atoms with Crippen molar-refractivity contribution < 1.29 is 14.5 Å². The van der Waals surface area contributed by atoms with Crippen molar-refractivity contribution in [2.24, 2.45) is 0 Å². The number of carbonyl (C=O) groups excluding carboxylic acids is 1. The number of nitrogens with one attached hydrogen (secondary N) is 1. The number of rotatable bonds is 4. The quantitative estimate of drug-likeness (QED) is 0.493. The van der Waals surface area contributed by atoms with E-state index in [4.69, 9.17) is 0 Å². The van der Waals surface area contributed by atoms with Crippen molar-refractivity contribution in [3.05, 3.63) is 33.4 Å². The molecule has 0 spiro atoms. The lowest BCUT2D eigenvalue weighted by Gasteiger charge is -2.09. The van der Waals surface area contributed by atoms with E-state index < -0.39 is 10.9 Å². The second-order valence-electron chi connectivity index (χ2n) is 3.41. The van der Waals surface area contributed by atoms with E-state index in [0.29, 0.717) is 17.8 Å². The summed E-state index contributed by atoms with van der Waals surface area (Å²) in [5.74, 6) is -0.575. The molecule has 0 heterocycles. The van der Waals surface area contributed by atoms with Gasteiger partial charge in [0.25, 0.3) is 5.69 Å². The Labute approximate surface area is 98.7 Å². The van der Waals surface area contributed by atoms with Gasteiger partial charge in [0.15, 0.2) is 0 Å². The Morgan fingerprint density at radius 3 is 2.65 bits per heavy atom. The summed E-state index contributed by atoms with van der Waals surface area (Å²) in [6, 6.07) is 3.03. The first kappa shape index (κ1) is 13.0. The van der Waals surface area contributed by atoms with E-state index in [2.05, 4.69) is 10.1 Å². The normalized spacial score (nSPS) is 9.82. The van der Waals surface area contributed by atoms with E-state index in [1.54, 1.807) is 0 Å². The number of methoxy groups -OCH3 is 1. The molecule has 0 aliphatic carbocycles. The summed E-state index contributed by atoms with van der Waals surface area (Å²) in [5.41, 5.74) is 0.832.